The third-order valence-corrected chi connectivity index (χ3v) is 5.29. The maximum absolute atomic E-state index is 12.5. The van der Waals surface area contributed by atoms with Crippen molar-refractivity contribution in [2.24, 2.45) is 11.1 Å². The lowest BCUT2D eigenvalue weighted by Crippen LogP contribution is -2.35. The number of ketones is 1. The van der Waals surface area contributed by atoms with Crippen molar-refractivity contribution in [3.05, 3.63) is 33.8 Å². The summed E-state index contributed by atoms with van der Waals surface area (Å²) in [7, 11) is 1.46. The molecule has 29 heavy (non-hydrogen) atoms. The minimum Gasteiger partial charge on any atom is -0.444 e. The van der Waals surface area contributed by atoms with Crippen LogP contribution in [0.4, 0.5) is 4.79 Å². The minimum absolute atomic E-state index is 0.130. The van der Waals surface area contributed by atoms with Gasteiger partial charge in [0.15, 0.2) is 0 Å². The Balaban J connectivity index is 1.86. The molecule has 1 amide bonds. The second-order valence-corrected chi connectivity index (χ2v) is 8.99. The zero-order chi connectivity index (χ0) is 21.6. The lowest BCUT2D eigenvalue weighted by atomic mass is 9.97. The second kappa shape index (κ2) is 10.3. The number of amides is 1. The molecule has 1 unspecified atom stereocenters. The van der Waals surface area contributed by atoms with Crippen molar-refractivity contribution < 1.29 is 19.2 Å². The van der Waals surface area contributed by atoms with Crippen LogP contribution in [0.2, 0.25) is 10.0 Å². The fraction of sp³-hybridized carbons (Fsp3) is 0.571. The van der Waals surface area contributed by atoms with Crippen LogP contribution in [-0.4, -0.2) is 48.3 Å². The lowest BCUT2D eigenvalue weighted by Gasteiger charge is -2.24. The van der Waals surface area contributed by atoms with Crippen LogP contribution in [0.5, 0.6) is 0 Å². The summed E-state index contributed by atoms with van der Waals surface area (Å²) < 4.78 is 5.40. The Morgan fingerprint density at radius 2 is 1.93 bits per heavy atom. The van der Waals surface area contributed by atoms with E-state index in [1.54, 1.807) is 23.1 Å². The quantitative estimate of drug-likeness (QED) is 0.421. The van der Waals surface area contributed by atoms with Gasteiger partial charge in [-0.2, -0.15) is 0 Å². The summed E-state index contributed by atoms with van der Waals surface area (Å²) in [5.41, 5.74) is 0.888. The van der Waals surface area contributed by atoms with E-state index in [0.717, 1.165) is 12.0 Å². The Kier molecular flexibility index (Phi) is 8.34. The molecule has 1 aromatic carbocycles. The molecule has 1 atom stereocenters. The number of hydrogen-bond acceptors (Lipinski definition) is 5. The fourth-order valence-electron chi connectivity index (χ4n) is 3.20. The van der Waals surface area contributed by atoms with Gasteiger partial charge in [-0.25, -0.2) is 4.79 Å². The average Bonchev–Trinajstić information content (AvgIpc) is 3.08. The normalized spacial score (nSPS) is 17.4. The Hall–Kier alpha value is -1.79. The van der Waals surface area contributed by atoms with Crippen LogP contribution in [0.15, 0.2) is 23.4 Å². The molecule has 0 aliphatic carbocycles. The number of oxime groups is 1. The molecule has 1 aromatic rings. The van der Waals surface area contributed by atoms with Crippen LogP contribution in [0.25, 0.3) is 0 Å². The maximum atomic E-state index is 12.5. The minimum atomic E-state index is -0.521. The van der Waals surface area contributed by atoms with Gasteiger partial charge in [0.25, 0.3) is 0 Å². The molecule has 6 nitrogen and oxygen atoms in total. The zero-order valence-corrected chi connectivity index (χ0v) is 18.8. The number of rotatable bonds is 7. The monoisotopic (exact) mass is 442 g/mol. The van der Waals surface area contributed by atoms with E-state index in [9.17, 15) is 9.59 Å². The van der Waals surface area contributed by atoms with Gasteiger partial charge in [0.2, 0.25) is 0 Å². The van der Waals surface area contributed by atoms with Crippen molar-refractivity contribution in [1.29, 1.82) is 0 Å². The summed E-state index contributed by atoms with van der Waals surface area (Å²) in [5, 5.41) is 4.91. The largest absolute Gasteiger partial charge is 0.444 e. The van der Waals surface area contributed by atoms with E-state index in [4.69, 9.17) is 32.8 Å². The summed E-state index contributed by atoms with van der Waals surface area (Å²) in [5.74, 6) is 0.285. The van der Waals surface area contributed by atoms with Crippen molar-refractivity contribution >= 4 is 40.8 Å². The molecule has 0 N–H and O–H groups in total. The van der Waals surface area contributed by atoms with E-state index in [2.05, 4.69) is 5.16 Å². The molecule has 0 saturated carbocycles. The van der Waals surface area contributed by atoms with Crippen LogP contribution in [-0.2, 0) is 14.4 Å². The number of Topliss-reactive ketones (excluding diaryl/α,β-unsaturated/α-hetero) is 1. The number of halogens is 2. The maximum Gasteiger partial charge on any atom is 0.410 e. The second-order valence-electron chi connectivity index (χ2n) is 8.17. The molecular weight excluding hydrogens is 415 g/mol. The summed E-state index contributed by atoms with van der Waals surface area (Å²) in [6.45, 7) is 6.69. The Labute approximate surface area is 182 Å². The van der Waals surface area contributed by atoms with Gasteiger partial charge in [-0.1, -0.05) is 34.4 Å². The third-order valence-electron chi connectivity index (χ3n) is 4.55. The number of carbonyl (C=O) groups is 2. The summed E-state index contributed by atoms with van der Waals surface area (Å²) in [6, 6.07) is 5.20. The summed E-state index contributed by atoms with van der Waals surface area (Å²) >= 11 is 12.0. The van der Waals surface area contributed by atoms with Gasteiger partial charge in [-0.15, -0.1) is 0 Å². The molecule has 1 heterocycles. The van der Waals surface area contributed by atoms with E-state index in [1.165, 1.54) is 7.11 Å². The van der Waals surface area contributed by atoms with Crippen LogP contribution < -0.4 is 0 Å². The molecule has 160 valence electrons. The smallest absolute Gasteiger partial charge is 0.410 e. The van der Waals surface area contributed by atoms with Crippen LogP contribution >= 0.6 is 23.2 Å². The lowest BCUT2D eigenvalue weighted by molar-refractivity contribution is -0.119. The topological polar surface area (TPSA) is 68.2 Å². The number of likely N-dealkylation sites (tertiary alicyclic amines) is 1. The van der Waals surface area contributed by atoms with Crippen LogP contribution in [0.3, 0.4) is 0 Å². The van der Waals surface area contributed by atoms with E-state index >= 15 is 0 Å². The highest BCUT2D eigenvalue weighted by molar-refractivity contribution is 6.42. The van der Waals surface area contributed by atoms with Crippen molar-refractivity contribution in [3.8, 4) is 0 Å². The van der Waals surface area contributed by atoms with Crippen LogP contribution in [0, 0.1) is 5.92 Å². The molecule has 0 bridgehead atoms. The molecule has 2 rings (SSSR count). The average molecular weight is 443 g/mol. The summed E-state index contributed by atoms with van der Waals surface area (Å²) in [6.07, 6.45) is 1.69. The van der Waals surface area contributed by atoms with Crippen molar-refractivity contribution in [2.75, 3.05) is 20.2 Å². The van der Waals surface area contributed by atoms with Gasteiger partial charge in [0.1, 0.15) is 18.5 Å². The highest BCUT2D eigenvalue weighted by Gasteiger charge is 2.30. The van der Waals surface area contributed by atoms with E-state index in [1.807, 2.05) is 20.8 Å². The highest BCUT2D eigenvalue weighted by atomic mass is 35.5. The van der Waals surface area contributed by atoms with Crippen molar-refractivity contribution in [1.82, 2.24) is 4.90 Å². The Morgan fingerprint density at radius 1 is 1.21 bits per heavy atom. The first kappa shape index (κ1) is 23.5. The third kappa shape index (κ3) is 7.52. The molecule has 0 spiro atoms. The molecule has 1 aliphatic heterocycles. The first-order chi connectivity index (χ1) is 13.6. The number of hydrogen-bond donors (Lipinski definition) is 0. The molecule has 8 heteroatoms. The molecule has 1 saturated heterocycles. The number of nitrogens with zero attached hydrogens (tertiary/aromatic N) is 2. The summed E-state index contributed by atoms with van der Waals surface area (Å²) in [4.78, 5) is 31.2. The Morgan fingerprint density at radius 3 is 2.55 bits per heavy atom. The van der Waals surface area contributed by atoms with Gasteiger partial charge < -0.3 is 14.5 Å². The SMILES string of the molecule is CO/N=C(\CCC(=O)CC1CCN(C(=O)OC(C)(C)C)C1)c1ccc(Cl)c(Cl)c1. The zero-order valence-electron chi connectivity index (χ0n) is 17.3. The van der Waals surface area contributed by atoms with Crippen molar-refractivity contribution in [2.45, 2.75) is 52.1 Å². The van der Waals surface area contributed by atoms with Gasteiger partial charge in [0.05, 0.1) is 15.8 Å². The Bertz CT molecular complexity index is 774. The van der Waals surface area contributed by atoms with Gasteiger partial charge in [0, 0.05) is 37.9 Å². The number of benzene rings is 1. The van der Waals surface area contributed by atoms with E-state index in [0.29, 0.717) is 48.1 Å². The fourth-order valence-corrected chi connectivity index (χ4v) is 3.50. The van der Waals surface area contributed by atoms with Gasteiger partial charge >= 0.3 is 6.09 Å². The predicted molar refractivity (Wildman–Crippen MR) is 115 cm³/mol. The number of ether oxygens (including phenoxy) is 1. The first-order valence-electron chi connectivity index (χ1n) is 9.64. The molecule has 0 radical (unpaired) electrons. The van der Waals surface area contributed by atoms with Gasteiger partial charge in [-0.05, 0) is 45.2 Å². The molecular formula is C21H28Cl2N2O4. The molecule has 1 fully saturated rings. The molecule has 1 aliphatic rings. The number of carbonyl (C=O) groups excluding carboxylic acids is 2. The highest BCUT2D eigenvalue weighted by Crippen LogP contribution is 2.25. The first-order valence-corrected chi connectivity index (χ1v) is 10.4. The van der Waals surface area contributed by atoms with E-state index in [-0.39, 0.29) is 17.8 Å². The predicted octanol–water partition coefficient (Wildman–Crippen LogP) is 5.34. The van der Waals surface area contributed by atoms with Crippen molar-refractivity contribution in [3.63, 3.8) is 0 Å². The van der Waals surface area contributed by atoms with Gasteiger partial charge in [-0.3, -0.25) is 4.79 Å². The molecule has 0 aromatic heterocycles. The van der Waals surface area contributed by atoms with E-state index < -0.39 is 5.60 Å². The standard InChI is InChI=1S/C21H28Cl2N2O4/c1-21(2,3)29-20(27)25-10-9-14(13-25)11-16(26)6-8-19(24-28-4)15-5-7-17(22)18(23)12-15/h5,7,12,14H,6,8-11,13H2,1-4H3/b24-19+. The van der Waals surface area contributed by atoms with Crippen LogP contribution in [0.1, 0.15) is 52.0 Å².